The van der Waals surface area contributed by atoms with E-state index in [9.17, 15) is 4.79 Å². The molecule has 0 fully saturated rings. The Bertz CT molecular complexity index is 754. The van der Waals surface area contributed by atoms with Crippen LogP contribution >= 0.6 is 0 Å². The number of carbonyl (C=O) groups is 1. The van der Waals surface area contributed by atoms with E-state index in [0.29, 0.717) is 19.0 Å². The second kappa shape index (κ2) is 6.36. The number of fused-ring (bicyclic) bond motifs is 2. The van der Waals surface area contributed by atoms with Gasteiger partial charge in [0.25, 0.3) is 0 Å². The molecule has 126 valence electrons. The number of hydrogen-bond acceptors (Lipinski definition) is 4. The number of hydrogen-bond donors (Lipinski definition) is 1. The predicted molar refractivity (Wildman–Crippen MR) is 92.0 cm³/mol. The maximum atomic E-state index is 12.5. The summed E-state index contributed by atoms with van der Waals surface area (Å²) in [5, 5.41) is 7.94. The Kier molecular flexibility index (Phi) is 4.06. The molecule has 2 aliphatic heterocycles. The Morgan fingerprint density at radius 3 is 3.12 bits per heavy atom. The van der Waals surface area contributed by atoms with Crippen LogP contribution in [0.4, 0.5) is 5.69 Å². The topological polar surface area (TPSA) is 63.1 Å². The third-order valence-corrected chi connectivity index (χ3v) is 4.92. The first-order valence-corrected chi connectivity index (χ1v) is 8.72. The highest BCUT2D eigenvalue weighted by atomic mass is 16.2. The first-order valence-electron chi connectivity index (χ1n) is 8.72. The van der Waals surface area contributed by atoms with Crippen molar-refractivity contribution in [2.24, 2.45) is 0 Å². The Balaban J connectivity index is 1.28. The average molecular weight is 325 g/mol. The Morgan fingerprint density at radius 1 is 1.33 bits per heavy atom. The predicted octanol–water partition coefficient (Wildman–Crippen LogP) is 1.47. The average Bonchev–Trinajstić information content (AvgIpc) is 3.16. The van der Waals surface area contributed by atoms with Crippen LogP contribution < -0.4 is 10.2 Å². The van der Waals surface area contributed by atoms with Gasteiger partial charge in [0.15, 0.2) is 0 Å². The smallest absolute Gasteiger partial charge is 0.228 e. The maximum absolute atomic E-state index is 12.5. The standard InChI is InChI=1S/C18H23N5O/c1-13-20-17-7-6-15(12-23(17)21-13)19-10-8-18(24)22-11-9-14-4-2-3-5-16(14)22/h2-5,15,19H,6-12H2,1H3. The van der Waals surface area contributed by atoms with E-state index in [1.165, 1.54) is 5.56 Å². The minimum absolute atomic E-state index is 0.209. The molecule has 1 aromatic carbocycles. The van der Waals surface area contributed by atoms with E-state index in [1.807, 2.05) is 34.7 Å². The van der Waals surface area contributed by atoms with Crippen LogP contribution in [0.1, 0.15) is 30.1 Å². The third kappa shape index (κ3) is 2.94. The molecule has 1 aromatic heterocycles. The zero-order chi connectivity index (χ0) is 16.5. The Morgan fingerprint density at radius 2 is 2.21 bits per heavy atom. The molecule has 6 nitrogen and oxygen atoms in total. The van der Waals surface area contributed by atoms with Crippen LogP contribution in [0.2, 0.25) is 0 Å². The van der Waals surface area contributed by atoms with Crippen molar-refractivity contribution < 1.29 is 4.79 Å². The molecule has 0 saturated heterocycles. The molecular formula is C18H23N5O. The number of anilines is 1. The molecule has 2 aliphatic rings. The van der Waals surface area contributed by atoms with Gasteiger partial charge in [0, 0.05) is 37.7 Å². The summed E-state index contributed by atoms with van der Waals surface area (Å²) in [4.78, 5) is 18.9. The lowest BCUT2D eigenvalue weighted by Gasteiger charge is -2.24. The van der Waals surface area contributed by atoms with Crippen molar-refractivity contribution in [3.05, 3.63) is 41.5 Å². The fourth-order valence-electron chi connectivity index (χ4n) is 3.72. The van der Waals surface area contributed by atoms with E-state index < -0.39 is 0 Å². The van der Waals surface area contributed by atoms with Crippen molar-refractivity contribution in [2.45, 2.75) is 45.2 Å². The molecule has 1 amide bonds. The molecular weight excluding hydrogens is 302 g/mol. The number of aryl methyl sites for hydroxylation is 2. The monoisotopic (exact) mass is 325 g/mol. The van der Waals surface area contributed by atoms with Crippen LogP contribution in [0, 0.1) is 6.92 Å². The summed E-state index contributed by atoms with van der Waals surface area (Å²) in [5.41, 5.74) is 2.36. The molecule has 0 aliphatic carbocycles. The number of nitrogens with zero attached hydrogens (tertiary/aromatic N) is 4. The van der Waals surface area contributed by atoms with Gasteiger partial charge in [0.1, 0.15) is 11.6 Å². The van der Waals surface area contributed by atoms with Crippen molar-refractivity contribution in [1.29, 1.82) is 0 Å². The molecule has 2 aromatic rings. The normalized spacial score (nSPS) is 19.2. The summed E-state index contributed by atoms with van der Waals surface area (Å²) < 4.78 is 2.00. The fourth-order valence-corrected chi connectivity index (χ4v) is 3.72. The van der Waals surface area contributed by atoms with Crippen molar-refractivity contribution in [1.82, 2.24) is 20.1 Å². The van der Waals surface area contributed by atoms with Crippen molar-refractivity contribution in [3.8, 4) is 0 Å². The third-order valence-electron chi connectivity index (χ3n) is 4.92. The highest BCUT2D eigenvalue weighted by Gasteiger charge is 2.24. The molecule has 1 atom stereocenters. The Hall–Kier alpha value is -2.21. The van der Waals surface area contributed by atoms with E-state index in [0.717, 1.165) is 49.7 Å². The summed E-state index contributed by atoms with van der Waals surface area (Å²) in [5.74, 6) is 2.13. The van der Waals surface area contributed by atoms with E-state index in [-0.39, 0.29) is 5.91 Å². The zero-order valence-electron chi connectivity index (χ0n) is 14.0. The number of para-hydroxylation sites is 1. The summed E-state index contributed by atoms with van der Waals surface area (Å²) >= 11 is 0. The lowest BCUT2D eigenvalue weighted by atomic mass is 10.1. The van der Waals surface area contributed by atoms with Crippen LogP contribution in [0.25, 0.3) is 0 Å². The summed E-state index contributed by atoms with van der Waals surface area (Å²) in [7, 11) is 0. The van der Waals surface area contributed by atoms with Gasteiger partial charge in [-0.1, -0.05) is 18.2 Å². The second-order valence-electron chi connectivity index (χ2n) is 6.62. The van der Waals surface area contributed by atoms with Crippen LogP contribution in [0.15, 0.2) is 24.3 Å². The van der Waals surface area contributed by atoms with Gasteiger partial charge in [-0.25, -0.2) is 9.67 Å². The maximum Gasteiger partial charge on any atom is 0.228 e. The first kappa shape index (κ1) is 15.3. The second-order valence-corrected chi connectivity index (χ2v) is 6.62. The van der Waals surface area contributed by atoms with E-state index >= 15 is 0 Å². The number of benzene rings is 1. The molecule has 3 heterocycles. The number of carbonyl (C=O) groups excluding carboxylic acids is 1. The molecule has 0 saturated carbocycles. The van der Waals surface area contributed by atoms with Gasteiger partial charge in [0.05, 0.1) is 6.54 Å². The first-order chi connectivity index (χ1) is 11.7. The van der Waals surface area contributed by atoms with E-state index in [1.54, 1.807) is 0 Å². The van der Waals surface area contributed by atoms with E-state index in [4.69, 9.17) is 0 Å². The summed E-state index contributed by atoms with van der Waals surface area (Å²) in [6.45, 7) is 4.30. The highest BCUT2D eigenvalue weighted by Crippen LogP contribution is 2.27. The summed E-state index contributed by atoms with van der Waals surface area (Å²) in [6.07, 6.45) is 3.51. The summed E-state index contributed by atoms with van der Waals surface area (Å²) in [6, 6.07) is 8.57. The van der Waals surface area contributed by atoms with Gasteiger partial charge in [0.2, 0.25) is 5.91 Å². The van der Waals surface area contributed by atoms with Crippen molar-refractivity contribution >= 4 is 11.6 Å². The lowest BCUT2D eigenvalue weighted by Crippen LogP contribution is -2.40. The van der Waals surface area contributed by atoms with Gasteiger partial charge in [-0.15, -0.1) is 0 Å². The fraction of sp³-hybridized carbons (Fsp3) is 0.500. The van der Waals surface area contributed by atoms with Gasteiger partial charge in [-0.2, -0.15) is 5.10 Å². The van der Waals surface area contributed by atoms with Crippen LogP contribution in [-0.4, -0.2) is 39.8 Å². The molecule has 0 radical (unpaired) electrons. The molecule has 0 bridgehead atoms. The molecule has 0 spiro atoms. The number of amides is 1. The van der Waals surface area contributed by atoms with Crippen LogP contribution in [0.3, 0.4) is 0 Å². The zero-order valence-corrected chi connectivity index (χ0v) is 14.0. The quantitative estimate of drug-likeness (QED) is 0.925. The molecule has 24 heavy (non-hydrogen) atoms. The molecule has 1 N–H and O–H groups in total. The van der Waals surface area contributed by atoms with Crippen LogP contribution in [-0.2, 0) is 24.2 Å². The van der Waals surface area contributed by atoms with E-state index in [2.05, 4.69) is 21.5 Å². The highest BCUT2D eigenvalue weighted by molar-refractivity contribution is 5.95. The Labute approximate surface area is 141 Å². The van der Waals surface area contributed by atoms with Crippen molar-refractivity contribution in [2.75, 3.05) is 18.0 Å². The van der Waals surface area contributed by atoms with Crippen LogP contribution in [0.5, 0.6) is 0 Å². The number of rotatable bonds is 4. The molecule has 6 heteroatoms. The van der Waals surface area contributed by atoms with Gasteiger partial charge >= 0.3 is 0 Å². The van der Waals surface area contributed by atoms with Gasteiger partial charge < -0.3 is 10.2 Å². The lowest BCUT2D eigenvalue weighted by molar-refractivity contribution is -0.118. The molecule has 4 rings (SSSR count). The largest absolute Gasteiger partial charge is 0.312 e. The molecule has 1 unspecified atom stereocenters. The number of aromatic nitrogens is 3. The minimum Gasteiger partial charge on any atom is -0.312 e. The van der Waals surface area contributed by atoms with Gasteiger partial charge in [-0.05, 0) is 31.4 Å². The van der Waals surface area contributed by atoms with Gasteiger partial charge in [-0.3, -0.25) is 4.79 Å². The number of nitrogens with one attached hydrogen (secondary N) is 1. The minimum atomic E-state index is 0.209. The SMILES string of the molecule is Cc1nc2n(n1)CC(NCCC(=O)N1CCc3ccccc31)CC2. The van der Waals surface area contributed by atoms with Crippen molar-refractivity contribution in [3.63, 3.8) is 0 Å².